The number of carboxylic acids is 1. The molecule has 0 unspecified atom stereocenters. The number of hydrogen-bond acceptors (Lipinski definition) is 2. The molecule has 0 aliphatic heterocycles. The maximum absolute atomic E-state index is 11.5. The van der Waals surface area contributed by atoms with Gasteiger partial charge in [0.1, 0.15) is 6.04 Å². The smallest absolute Gasteiger partial charge is 0.326 e. The van der Waals surface area contributed by atoms with Crippen molar-refractivity contribution in [2.45, 2.75) is 53.5 Å². The van der Waals surface area contributed by atoms with Gasteiger partial charge in [0.15, 0.2) is 0 Å². The number of rotatable bonds is 5. The Bertz CT molecular complexity index is 253. The Morgan fingerprint density at radius 1 is 1.25 bits per heavy atom. The van der Waals surface area contributed by atoms with Gasteiger partial charge in [0.2, 0.25) is 5.91 Å². The van der Waals surface area contributed by atoms with Crippen LogP contribution in [-0.2, 0) is 9.59 Å². The van der Waals surface area contributed by atoms with Crippen LogP contribution < -0.4 is 5.32 Å². The van der Waals surface area contributed by atoms with E-state index in [4.69, 9.17) is 5.11 Å². The fourth-order valence-electron chi connectivity index (χ4n) is 1.25. The number of carbonyl (C=O) groups excluding carboxylic acids is 1. The molecule has 94 valence electrons. The first kappa shape index (κ1) is 14.9. The Kier molecular flexibility index (Phi) is 5.48. The maximum atomic E-state index is 11.5. The normalized spacial score (nSPS) is 13.6. The van der Waals surface area contributed by atoms with Crippen molar-refractivity contribution < 1.29 is 14.7 Å². The summed E-state index contributed by atoms with van der Waals surface area (Å²) < 4.78 is 0. The predicted octanol–water partition coefficient (Wildman–Crippen LogP) is 2.04. The molecule has 0 aromatic heterocycles. The standard InChI is InChI=1S/C12H23NO3/c1-8(2)10(11(15)16)13-9(14)6-7-12(3,4)5/h8,10H,6-7H2,1-5H3,(H,13,14)(H,15,16)/t10-/m0/s1. The summed E-state index contributed by atoms with van der Waals surface area (Å²) in [5, 5.41) is 11.5. The van der Waals surface area contributed by atoms with E-state index in [1.807, 2.05) is 0 Å². The highest BCUT2D eigenvalue weighted by molar-refractivity contribution is 5.83. The minimum absolute atomic E-state index is 0.0912. The van der Waals surface area contributed by atoms with Crippen LogP contribution in [0.4, 0.5) is 0 Å². The van der Waals surface area contributed by atoms with Crippen molar-refractivity contribution in [3.63, 3.8) is 0 Å². The molecule has 0 aliphatic rings. The molecule has 4 nitrogen and oxygen atoms in total. The largest absolute Gasteiger partial charge is 0.480 e. The highest BCUT2D eigenvalue weighted by Gasteiger charge is 2.23. The molecule has 0 bridgehead atoms. The second-order valence-corrected chi connectivity index (χ2v) is 5.69. The van der Waals surface area contributed by atoms with E-state index in [2.05, 4.69) is 26.1 Å². The Hall–Kier alpha value is -1.06. The van der Waals surface area contributed by atoms with E-state index in [1.54, 1.807) is 13.8 Å². The number of nitrogens with one attached hydrogen (secondary N) is 1. The van der Waals surface area contributed by atoms with Crippen LogP contribution in [0.25, 0.3) is 0 Å². The number of hydrogen-bond donors (Lipinski definition) is 2. The van der Waals surface area contributed by atoms with Crippen LogP contribution in [-0.4, -0.2) is 23.0 Å². The molecular formula is C12H23NO3. The van der Waals surface area contributed by atoms with E-state index in [0.29, 0.717) is 6.42 Å². The average Bonchev–Trinajstić information content (AvgIpc) is 2.08. The Labute approximate surface area is 97.4 Å². The van der Waals surface area contributed by atoms with Gasteiger partial charge in [0.05, 0.1) is 0 Å². The van der Waals surface area contributed by atoms with E-state index in [9.17, 15) is 9.59 Å². The van der Waals surface area contributed by atoms with Crippen LogP contribution >= 0.6 is 0 Å². The van der Waals surface area contributed by atoms with Crippen molar-refractivity contribution in [2.75, 3.05) is 0 Å². The first-order chi connectivity index (χ1) is 7.13. The molecule has 1 amide bonds. The second kappa shape index (κ2) is 5.87. The van der Waals surface area contributed by atoms with Crippen LogP contribution in [0, 0.1) is 11.3 Å². The molecular weight excluding hydrogens is 206 g/mol. The molecule has 0 aromatic carbocycles. The Morgan fingerprint density at radius 2 is 1.75 bits per heavy atom. The van der Waals surface area contributed by atoms with Crippen LogP contribution in [0.5, 0.6) is 0 Å². The van der Waals surface area contributed by atoms with Crippen molar-refractivity contribution >= 4 is 11.9 Å². The van der Waals surface area contributed by atoms with E-state index >= 15 is 0 Å². The Balaban J connectivity index is 4.17. The molecule has 0 saturated heterocycles. The highest BCUT2D eigenvalue weighted by Crippen LogP contribution is 2.20. The maximum Gasteiger partial charge on any atom is 0.326 e. The highest BCUT2D eigenvalue weighted by atomic mass is 16.4. The molecule has 4 heteroatoms. The third-order valence-electron chi connectivity index (χ3n) is 2.35. The lowest BCUT2D eigenvalue weighted by Crippen LogP contribution is -2.44. The molecule has 0 rings (SSSR count). The Morgan fingerprint density at radius 3 is 2.06 bits per heavy atom. The van der Waals surface area contributed by atoms with E-state index in [0.717, 1.165) is 6.42 Å². The zero-order valence-corrected chi connectivity index (χ0v) is 10.8. The summed E-state index contributed by atoms with van der Waals surface area (Å²) in [6, 6.07) is -0.785. The third-order valence-corrected chi connectivity index (χ3v) is 2.35. The van der Waals surface area contributed by atoms with Crippen LogP contribution in [0.1, 0.15) is 47.5 Å². The average molecular weight is 229 g/mol. The zero-order chi connectivity index (χ0) is 12.9. The van der Waals surface area contributed by atoms with Crippen molar-refractivity contribution in [1.82, 2.24) is 5.32 Å². The van der Waals surface area contributed by atoms with Gasteiger partial charge in [-0.2, -0.15) is 0 Å². The first-order valence-corrected chi connectivity index (χ1v) is 5.65. The number of aliphatic carboxylic acids is 1. The van der Waals surface area contributed by atoms with Crippen LogP contribution in [0.15, 0.2) is 0 Å². The lowest BCUT2D eigenvalue weighted by Gasteiger charge is -2.20. The van der Waals surface area contributed by atoms with Crippen molar-refractivity contribution in [3.8, 4) is 0 Å². The van der Waals surface area contributed by atoms with Crippen molar-refractivity contribution in [1.29, 1.82) is 0 Å². The molecule has 0 heterocycles. The van der Waals surface area contributed by atoms with Gasteiger partial charge in [0, 0.05) is 6.42 Å². The van der Waals surface area contributed by atoms with Crippen LogP contribution in [0.3, 0.4) is 0 Å². The minimum atomic E-state index is -0.973. The summed E-state index contributed by atoms with van der Waals surface area (Å²) in [5.41, 5.74) is 0.0912. The van der Waals surface area contributed by atoms with E-state index in [1.165, 1.54) is 0 Å². The summed E-state index contributed by atoms with van der Waals surface area (Å²) in [7, 11) is 0. The second-order valence-electron chi connectivity index (χ2n) is 5.69. The molecule has 0 saturated carbocycles. The number of carbonyl (C=O) groups is 2. The van der Waals surface area contributed by atoms with Crippen molar-refractivity contribution in [3.05, 3.63) is 0 Å². The fraction of sp³-hybridized carbons (Fsp3) is 0.833. The quantitative estimate of drug-likeness (QED) is 0.758. The van der Waals surface area contributed by atoms with E-state index in [-0.39, 0.29) is 17.2 Å². The van der Waals surface area contributed by atoms with Gasteiger partial charge in [-0.25, -0.2) is 4.79 Å². The summed E-state index contributed by atoms with van der Waals surface area (Å²) in [6.07, 6.45) is 1.13. The molecule has 0 aromatic rings. The van der Waals surface area contributed by atoms with E-state index < -0.39 is 12.0 Å². The molecule has 1 atom stereocenters. The monoisotopic (exact) mass is 229 g/mol. The molecule has 2 N–H and O–H groups in total. The van der Waals surface area contributed by atoms with Crippen LogP contribution in [0.2, 0.25) is 0 Å². The van der Waals surface area contributed by atoms with Gasteiger partial charge in [-0.1, -0.05) is 34.6 Å². The number of carboxylic acid groups (broad SMARTS) is 1. The third kappa shape index (κ3) is 6.43. The number of amides is 1. The van der Waals surface area contributed by atoms with Gasteiger partial charge in [-0.15, -0.1) is 0 Å². The molecule has 0 aliphatic carbocycles. The van der Waals surface area contributed by atoms with Crippen molar-refractivity contribution in [2.24, 2.45) is 11.3 Å². The molecule has 0 fully saturated rings. The fourth-order valence-corrected chi connectivity index (χ4v) is 1.25. The molecule has 0 radical (unpaired) electrons. The van der Waals surface area contributed by atoms with Gasteiger partial charge < -0.3 is 10.4 Å². The molecule has 16 heavy (non-hydrogen) atoms. The van der Waals surface area contributed by atoms with Gasteiger partial charge in [0.25, 0.3) is 0 Å². The summed E-state index contributed by atoms with van der Waals surface area (Å²) in [4.78, 5) is 22.4. The first-order valence-electron chi connectivity index (χ1n) is 5.65. The zero-order valence-electron chi connectivity index (χ0n) is 10.8. The van der Waals surface area contributed by atoms with Gasteiger partial charge >= 0.3 is 5.97 Å². The lowest BCUT2D eigenvalue weighted by molar-refractivity contribution is -0.143. The lowest BCUT2D eigenvalue weighted by atomic mass is 9.90. The van der Waals surface area contributed by atoms with Gasteiger partial charge in [-0.3, -0.25) is 4.79 Å². The summed E-state index contributed by atoms with van der Waals surface area (Å²) >= 11 is 0. The predicted molar refractivity (Wildman–Crippen MR) is 63.1 cm³/mol. The molecule has 0 spiro atoms. The SMILES string of the molecule is CC(C)[C@H](NC(=O)CCC(C)(C)C)C(=O)O. The topological polar surface area (TPSA) is 66.4 Å². The summed E-state index contributed by atoms with van der Waals surface area (Å²) in [5.74, 6) is -1.26. The minimum Gasteiger partial charge on any atom is -0.480 e. The van der Waals surface area contributed by atoms with Gasteiger partial charge in [-0.05, 0) is 17.8 Å². The summed E-state index contributed by atoms with van der Waals surface area (Å²) in [6.45, 7) is 9.72.